The third-order valence-electron chi connectivity index (χ3n) is 5.82. The largest absolute Gasteiger partial charge is 0.352 e. The predicted molar refractivity (Wildman–Crippen MR) is 136 cm³/mol. The molecule has 3 heterocycles. The zero-order valence-electron chi connectivity index (χ0n) is 20.0. The molecule has 8 heteroatoms. The van der Waals surface area contributed by atoms with Crippen molar-refractivity contribution in [1.82, 2.24) is 29.9 Å². The SMILES string of the molecule is C/C(=C\c1cccc(-c2ccncc2C(C)N)c1C)c1nc(NCCn2ccnn2)ncc1C. The van der Waals surface area contributed by atoms with Crippen LogP contribution in [0.1, 0.15) is 47.8 Å². The average molecular weight is 455 g/mol. The van der Waals surface area contributed by atoms with Gasteiger partial charge in [0, 0.05) is 37.4 Å². The fourth-order valence-electron chi connectivity index (χ4n) is 3.98. The maximum Gasteiger partial charge on any atom is 0.223 e. The van der Waals surface area contributed by atoms with Crippen molar-refractivity contribution in [1.29, 1.82) is 0 Å². The molecule has 0 aliphatic heterocycles. The summed E-state index contributed by atoms with van der Waals surface area (Å²) in [6.07, 6.45) is 11.2. The molecule has 0 aliphatic rings. The summed E-state index contributed by atoms with van der Waals surface area (Å²) in [7, 11) is 0. The Morgan fingerprint density at radius 3 is 2.76 bits per heavy atom. The van der Waals surface area contributed by atoms with Gasteiger partial charge in [-0.25, -0.2) is 9.97 Å². The predicted octanol–water partition coefficient (Wildman–Crippen LogP) is 4.44. The second-order valence-corrected chi connectivity index (χ2v) is 8.42. The van der Waals surface area contributed by atoms with E-state index in [-0.39, 0.29) is 6.04 Å². The molecular weight excluding hydrogens is 424 g/mol. The normalized spacial score (nSPS) is 12.6. The van der Waals surface area contributed by atoms with Crippen LogP contribution < -0.4 is 11.1 Å². The molecule has 174 valence electrons. The lowest BCUT2D eigenvalue weighted by atomic mass is 9.91. The van der Waals surface area contributed by atoms with Gasteiger partial charge in [0.05, 0.1) is 18.4 Å². The molecule has 4 rings (SSSR count). The van der Waals surface area contributed by atoms with Gasteiger partial charge in [-0.2, -0.15) is 0 Å². The number of nitrogens with two attached hydrogens (primary N) is 1. The monoisotopic (exact) mass is 454 g/mol. The molecule has 3 aromatic heterocycles. The Kier molecular flexibility index (Phi) is 7.08. The van der Waals surface area contributed by atoms with Gasteiger partial charge in [-0.3, -0.25) is 9.67 Å². The summed E-state index contributed by atoms with van der Waals surface area (Å²) in [5, 5.41) is 11.1. The van der Waals surface area contributed by atoms with E-state index in [1.54, 1.807) is 10.9 Å². The highest BCUT2D eigenvalue weighted by molar-refractivity contribution is 5.84. The van der Waals surface area contributed by atoms with Gasteiger partial charge in [-0.15, -0.1) is 5.10 Å². The van der Waals surface area contributed by atoms with Gasteiger partial charge in [-0.1, -0.05) is 23.4 Å². The Hall–Kier alpha value is -3.91. The van der Waals surface area contributed by atoms with E-state index in [9.17, 15) is 0 Å². The number of allylic oxidation sites excluding steroid dienone is 1. The summed E-state index contributed by atoms with van der Waals surface area (Å²) < 4.78 is 1.77. The van der Waals surface area contributed by atoms with Crippen molar-refractivity contribution in [2.45, 2.75) is 40.3 Å². The molecule has 1 aromatic carbocycles. The van der Waals surface area contributed by atoms with Crippen molar-refractivity contribution in [3.63, 3.8) is 0 Å². The summed E-state index contributed by atoms with van der Waals surface area (Å²) in [5.41, 5.74) is 14.9. The van der Waals surface area contributed by atoms with Crippen molar-refractivity contribution in [2.24, 2.45) is 5.73 Å². The van der Waals surface area contributed by atoms with Gasteiger partial charge in [0.1, 0.15) is 0 Å². The lowest BCUT2D eigenvalue weighted by Gasteiger charge is -2.16. The Morgan fingerprint density at radius 2 is 2.00 bits per heavy atom. The summed E-state index contributed by atoms with van der Waals surface area (Å²) in [6.45, 7) is 9.58. The molecule has 0 amide bonds. The van der Waals surface area contributed by atoms with E-state index in [4.69, 9.17) is 10.7 Å². The van der Waals surface area contributed by atoms with Crippen LogP contribution in [-0.4, -0.2) is 36.5 Å². The number of aromatic nitrogens is 6. The highest BCUT2D eigenvalue weighted by Crippen LogP contribution is 2.32. The molecule has 0 saturated carbocycles. The zero-order chi connectivity index (χ0) is 24.1. The van der Waals surface area contributed by atoms with E-state index >= 15 is 0 Å². The number of benzene rings is 1. The number of aryl methyl sites for hydroxylation is 1. The Morgan fingerprint density at radius 1 is 1.15 bits per heavy atom. The summed E-state index contributed by atoms with van der Waals surface area (Å²) in [4.78, 5) is 13.5. The molecule has 0 radical (unpaired) electrons. The lowest BCUT2D eigenvalue weighted by molar-refractivity contribution is 0.607. The first kappa shape index (κ1) is 23.3. The van der Waals surface area contributed by atoms with Crippen molar-refractivity contribution >= 4 is 17.6 Å². The summed E-state index contributed by atoms with van der Waals surface area (Å²) >= 11 is 0. The van der Waals surface area contributed by atoms with E-state index in [1.807, 2.05) is 44.7 Å². The third-order valence-corrected chi connectivity index (χ3v) is 5.82. The highest BCUT2D eigenvalue weighted by Gasteiger charge is 2.13. The van der Waals surface area contributed by atoms with E-state index in [2.05, 4.69) is 63.7 Å². The Labute approximate surface area is 200 Å². The summed E-state index contributed by atoms with van der Waals surface area (Å²) in [5.74, 6) is 0.595. The van der Waals surface area contributed by atoms with Gasteiger partial charge in [0.2, 0.25) is 5.95 Å². The molecule has 0 bridgehead atoms. The van der Waals surface area contributed by atoms with Crippen LogP contribution in [0.15, 0.2) is 55.2 Å². The van der Waals surface area contributed by atoms with Gasteiger partial charge < -0.3 is 11.1 Å². The van der Waals surface area contributed by atoms with E-state index < -0.39 is 0 Å². The van der Waals surface area contributed by atoms with Crippen LogP contribution in [0.2, 0.25) is 0 Å². The molecule has 3 N–H and O–H groups in total. The number of hydrogen-bond donors (Lipinski definition) is 2. The molecule has 4 aromatic rings. The van der Waals surface area contributed by atoms with Crippen LogP contribution in [0.3, 0.4) is 0 Å². The smallest absolute Gasteiger partial charge is 0.223 e. The van der Waals surface area contributed by atoms with Crippen LogP contribution in [-0.2, 0) is 6.54 Å². The molecule has 0 spiro atoms. The number of rotatable bonds is 8. The number of pyridine rings is 1. The number of hydrogen-bond acceptors (Lipinski definition) is 7. The minimum Gasteiger partial charge on any atom is -0.352 e. The van der Waals surface area contributed by atoms with Crippen molar-refractivity contribution in [3.05, 3.63) is 83.2 Å². The Balaban J connectivity index is 1.61. The van der Waals surface area contributed by atoms with Gasteiger partial charge >= 0.3 is 0 Å². The fourth-order valence-corrected chi connectivity index (χ4v) is 3.98. The minimum absolute atomic E-state index is 0.0943. The number of anilines is 1. The van der Waals surface area contributed by atoms with Crippen LogP contribution in [0.5, 0.6) is 0 Å². The van der Waals surface area contributed by atoms with Crippen LogP contribution in [0.4, 0.5) is 5.95 Å². The molecular formula is C26H30N8. The quantitative estimate of drug-likeness (QED) is 0.405. The lowest BCUT2D eigenvalue weighted by Crippen LogP contribution is -2.13. The Bertz CT molecular complexity index is 1290. The molecule has 1 atom stereocenters. The van der Waals surface area contributed by atoms with Crippen LogP contribution in [0, 0.1) is 13.8 Å². The summed E-state index contributed by atoms with van der Waals surface area (Å²) in [6, 6.07) is 8.28. The molecule has 0 aliphatic carbocycles. The third kappa shape index (κ3) is 5.18. The van der Waals surface area contributed by atoms with E-state index in [1.165, 1.54) is 5.56 Å². The number of nitrogens with one attached hydrogen (secondary N) is 1. The van der Waals surface area contributed by atoms with Gasteiger partial charge in [0.15, 0.2) is 0 Å². The first-order chi connectivity index (χ1) is 16.4. The standard InChI is InChI=1S/C26H30N8/c1-17(25-18(2)15-30-26(32-25)29-10-12-34-13-11-31-33-34)14-21-6-5-7-22(19(21)3)23-8-9-28-16-24(23)20(4)27/h5-9,11,13-16,20H,10,12,27H2,1-4H3,(H,29,30,32)/b17-14+. The fraction of sp³-hybridized carbons (Fsp3) is 0.269. The maximum absolute atomic E-state index is 6.21. The van der Waals surface area contributed by atoms with Crippen LogP contribution >= 0.6 is 0 Å². The van der Waals surface area contributed by atoms with Crippen molar-refractivity contribution in [2.75, 3.05) is 11.9 Å². The first-order valence-electron chi connectivity index (χ1n) is 11.3. The zero-order valence-corrected chi connectivity index (χ0v) is 20.0. The first-order valence-corrected chi connectivity index (χ1v) is 11.3. The van der Waals surface area contributed by atoms with Gasteiger partial charge in [-0.05, 0) is 78.8 Å². The number of nitrogens with zero attached hydrogens (tertiary/aromatic N) is 6. The van der Waals surface area contributed by atoms with E-state index in [0.29, 0.717) is 19.0 Å². The molecule has 8 nitrogen and oxygen atoms in total. The maximum atomic E-state index is 6.21. The van der Waals surface area contributed by atoms with Crippen molar-refractivity contribution < 1.29 is 0 Å². The molecule has 0 saturated heterocycles. The minimum atomic E-state index is -0.0943. The van der Waals surface area contributed by atoms with E-state index in [0.717, 1.165) is 39.1 Å². The molecule has 34 heavy (non-hydrogen) atoms. The second kappa shape index (κ2) is 10.4. The highest BCUT2D eigenvalue weighted by atomic mass is 15.4. The van der Waals surface area contributed by atoms with Crippen LogP contribution in [0.25, 0.3) is 22.8 Å². The second-order valence-electron chi connectivity index (χ2n) is 8.42. The molecule has 0 fully saturated rings. The topological polar surface area (TPSA) is 107 Å². The van der Waals surface area contributed by atoms with Gasteiger partial charge in [0.25, 0.3) is 0 Å². The average Bonchev–Trinajstić information content (AvgIpc) is 3.35. The van der Waals surface area contributed by atoms with Crippen molar-refractivity contribution in [3.8, 4) is 11.1 Å². The molecule has 1 unspecified atom stereocenters.